The lowest BCUT2D eigenvalue weighted by Gasteiger charge is -2.30. The van der Waals surface area contributed by atoms with Crippen molar-refractivity contribution >= 4 is 17.6 Å². The van der Waals surface area contributed by atoms with Crippen molar-refractivity contribution in [1.82, 2.24) is 19.3 Å². The fourth-order valence-corrected chi connectivity index (χ4v) is 3.05. The SMILES string of the molecule is Cn1c(-n2cc(-c3cnc(Cl)c(C(=O)[O-])c3)cn2)ccc1C(F)(C(F)(F)F)C(F)(F)F. The highest BCUT2D eigenvalue weighted by Gasteiger charge is 2.74. The average molecular weight is 470 g/mol. The molecular formula is C17H9ClF7N4O2-. The first-order chi connectivity index (χ1) is 14.2. The Morgan fingerprint density at radius 1 is 1.03 bits per heavy atom. The van der Waals surface area contributed by atoms with Gasteiger partial charge in [0.25, 0.3) is 0 Å². The van der Waals surface area contributed by atoms with Gasteiger partial charge in [0.15, 0.2) is 0 Å². The summed E-state index contributed by atoms with van der Waals surface area (Å²) in [5.74, 6) is -1.93. The van der Waals surface area contributed by atoms with E-state index in [1.54, 1.807) is 0 Å². The van der Waals surface area contributed by atoms with Gasteiger partial charge in [0.2, 0.25) is 0 Å². The van der Waals surface area contributed by atoms with Crippen molar-refractivity contribution in [3.05, 3.63) is 53.2 Å². The van der Waals surface area contributed by atoms with Gasteiger partial charge >= 0.3 is 18.0 Å². The Labute approximate surface area is 173 Å². The minimum atomic E-state index is -6.26. The molecule has 3 rings (SSSR count). The number of alkyl halides is 7. The number of halogens is 8. The van der Waals surface area contributed by atoms with Crippen LogP contribution in [0.15, 0.2) is 36.8 Å². The van der Waals surface area contributed by atoms with Gasteiger partial charge in [-0.05, 0) is 18.2 Å². The Bertz CT molecular complexity index is 1140. The first-order valence-electron chi connectivity index (χ1n) is 8.09. The standard InChI is InChI=1S/C17H10ClF7N4O2/c1-28-11(15(19,16(20,21)22)17(23,24)25)2-3-12(28)29-7-9(6-27-29)8-4-10(14(30)31)13(18)26-5-8/h2-7H,1H3,(H,30,31)/p-1. The van der Waals surface area contributed by atoms with Gasteiger partial charge in [-0.15, -0.1) is 0 Å². The Balaban J connectivity index is 2.07. The Hall–Kier alpha value is -3.09. The zero-order chi connectivity index (χ0) is 23.4. The summed E-state index contributed by atoms with van der Waals surface area (Å²) in [6, 6.07) is 2.28. The van der Waals surface area contributed by atoms with Crippen molar-refractivity contribution in [2.45, 2.75) is 18.0 Å². The minimum Gasteiger partial charge on any atom is -0.545 e. The van der Waals surface area contributed by atoms with Gasteiger partial charge in [-0.25, -0.2) is 14.1 Å². The lowest BCUT2D eigenvalue weighted by atomic mass is 10.0. The number of hydrogen-bond donors (Lipinski definition) is 0. The predicted octanol–water partition coefficient (Wildman–Crippen LogP) is 3.58. The maximum Gasteiger partial charge on any atom is 0.437 e. The number of pyridine rings is 1. The number of aromatic carboxylic acids is 1. The van der Waals surface area contributed by atoms with Crippen LogP contribution in [0.3, 0.4) is 0 Å². The Kier molecular flexibility index (Phi) is 5.29. The monoisotopic (exact) mass is 469 g/mol. The third kappa shape index (κ3) is 3.62. The largest absolute Gasteiger partial charge is 0.545 e. The normalized spacial score (nSPS) is 12.9. The molecule has 0 atom stereocenters. The van der Waals surface area contributed by atoms with Gasteiger partial charge < -0.3 is 14.5 Å². The van der Waals surface area contributed by atoms with Crippen molar-refractivity contribution < 1.29 is 40.6 Å². The zero-order valence-electron chi connectivity index (χ0n) is 15.1. The highest BCUT2D eigenvalue weighted by molar-refractivity contribution is 6.32. The molecule has 0 aliphatic carbocycles. The molecular weight excluding hydrogens is 461 g/mol. The van der Waals surface area contributed by atoms with Crippen LogP contribution in [0.1, 0.15) is 16.1 Å². The van der Waals surface area contributed by atoms with Crippen molar-refractivity contribution in [3.8, 4) is 16.9 Å². The van der Waals surface area contributed by atoms with Crippen LogP contribution in [-0.4, -0.2) is 37.7 Å². The summed E-state index contributed by atoms with van der Waals surface area (Å²) in [5, 5.41) is 14.5. The Morgan fingerprint density at radius 2 is 1.65 bits per heavy atom. The Morgan fingerprint density at radius 3 is 2.19 bits per heavy atom. The number of nitrogens with zero attached hydrogens (tertiary/aromatic N) is 4. The van der Waals surface area contributed by atoms with E-state index in [0.717, 1.165) is 30.1 Å². The number of aromatic nitrogens is 4. The molecule has 0 unspecified atom stereocenters. The lowest BCUT2D eigenvalue weighted by Crippen LogP contribution is -2.51. The molecule has 0 saturated heterocycles. The number of carbonyl (C=O) groups excluding carboxylic acids is 1. The molecule has 0 radical (unpaired) electrons. The van der Waals surface area contributed by atoms with Gasteiger partial charge in [-0.2, -0.15) is 31.4 Å². The fourth-order valence-electron chi connectivity index (χ4n) is 2.87. The maximum atomic E-state index is 14.4. The number of carboxylic acids is 1. The summed E-state index contributed by atoms with van der Waals surface area (Å²) in [5.41, 5.74) is -7.35. The van der Waals surface area contributed by atoms with Crippen LogP contribution in [0.4, 0.5) is 30.7 Å². The van der Waals surface area contributed by atoms with E-state index in [1.807, 2.05) is 0 Å². The van der Waals surface area contributed by atoms with Gasteiger partial charge in [0.05, 0.1) is 17.9 Å². The lowest BCUT2D eigenvalue weighted by molar-refractivity contribution is -0.350. The number of carboxylic acid groups (broad SMARTS) is 1. The van der Waals surface area contributed by atoms with Crippen molar-refractivity contribution in [3.63, 3.8) is 0 Å². The molecule has 6 nitrogen and oxygen atoms in total. The van der Waals surface area contributed by atoms with E-state index in [0.29, 0.717) is 10.6 Å². The second-order valence-corrected chi connectivity index (χ2v) is 6.67. The van der Waals surface area contributed by atoms with Crippen molar-refractivity contribution in [2.24, 2.45) is 7.05 Å². The summed E-state index contributed by atoms with van der Waals surface area (Å²) < 4.78 is 93.9. The van der Waals surface area contributed by atoms with Crippen LogP contribution >= 0.6 is 11.6 Å². The highest BCUT2D eigenvalue weighted by Crippen LogP contribution is 2.53. The van der Waals surface area contributed by atoms with Gasteiger partial charge in [0.1, 0.15) is 11.0 Å². The summed E-state index contributed by atoms with van der Waals surface area (Å²) in [6.07, 6.45) is -9.04. The third-order valence-corrected chi connectivity index (χ3v) is 4.74. The van der Waals surface area contributed by atoms with Crippen LogP contribution in [0.5, 0.6) is 0 Å². The molecule has 0 N–H and O–H groups in total. The smallest absolute Gasteiger partial charge is 0.437 e. The van der Waals surface area contributed by atoms with E-state index in [-0.39, 0.29) is 22.1 Å². The number of carbonyl (C=O) groups is 1. The first kappa shape index (κ1) is 22.6. The van der Waals surface area contributed by atoms with Crippen LogP contribution in [-0.2, 0) is 12.7 Å². The van der Waals surface area contributed by atoms with E-state index in [2.05, 4.69) is 10.1 Å². The molecule has 31 heavy (non-hydrogen) atoms. The van der Waals surface area contributed by atoms with Crippen molar-refractivity contribution in [2.75, 3.05) is 0 Å². The molecule has 0 spiro atoms. The molecule has 3 aromatic rings. The molecule has 0 saturated carbocycles. The second-order valence-electron chi connectivity index (χ2n) is 6.31. The molecule has 0 bridgehead atoms. The molecule has 0 aliphatic heterocycles. The summed E-state index contributed by atoms with van der Waals surface area (Å²) in [4.78, 5) is 14.7. The second kappa shape index (κ2) is 7.25. The van der Waals surface area contributed by atoms with Crippen molar-refractivity contribution in [1.29, 1.82) is 0 Å². The average Bonchev–Trinajstić information content (AvgIpc) is 3.26. The first-order valence-corrected chi connectivity index (χ1v) is 8.47. The molecule has 14 heteroatoms. The zero-order valence-corrected chi connectivity index (χ0v) is 15.8. The predicted molar refractivity (Wildman–Crippen MR) is 90.0 cm³/mol. The van der Waals surface area contributed by atoms with E-state index in [4.69, 9.17) is 11.6 Å². The third-order valence-electron chi connectivity index (χ3n) is 4.44. The van der Waals surface area contributed by atoms with Gasteiger partial charge in [-0.1, -0.05) is 11.6 Å². The van der Waals surface area contributed by atoms with E-state index < -0.39 is 35.2 Å². The molecule has 166 valence electrons. The van der Waals surface area contributed by atoms with Crippen LogP contribution in [0.25, 0.3) is 16.9 Å². The minimum absolute atomic E-state index is 0.176. The molecule has 3 heterocycles. The number of hydrogen-bond acceptors (Lipinski definition) is 4. The quantitative estimate of drug-likeness (QED) is 0.432. The molecule has 0 aromatic carbocycles. The summed E-state index contributed by atoms with van der Waals surface area (Å²) in [6.45, 7) is 0. The van der Waals surface area contributed by atoms with E-state index >= 15 is 0 Å². The van der Waals surface area contributed by atoms with Crippen LogP contribution < -0.4 is 5.11 Å². The fraction of sp³-hybridized carbons (Fsp3) is 0.235. The molecule has 0 aliphatic rings. The number of rotatable bonds is 4. The molecule has 3 aromatic heterocycles. The van der Waals surface area contributed by atoms with E-state index in [9.17, 15) is 40.6 Å². The molecule has 0 amide bonds. The maximum absolute atomic E-state index is 14.4. The summed E-state index contributed by atoms with van der Waals surface area (Å²) in [7, 11) is 0.815. The van der Waals surface area contributed by atoms with Crippen LogP contribution in [0.2, 0.25) is 5.15 Å². The van der Waals surface area contributed by atoms with Crippen LogP contribution in [0, 0.1) is 0 Å². The van der Waals surface area contributed by atoms with E-state index in [1.165, 1.54) is 12.4 Å². The summed E-state index contributed by atoms with van der Waals surface area (Å²) >= 11 is 5.64. The van der Waals surface area contributed by atoms with Gasteiger partial charge in [-0.3, -0.25) is 0 Å². The topological polar surface area (TPSA) is 75.8 Å². The highest BCUT2D eigenvalue weighted by atomic mass is 35.5. The van der Waals surface area contributed by atoms with Gasteiger partial charge in [0, 0.05) is 36.1 Å². The molecule has 0 fully saturated rings.